The van der Waals surface area contributed by atoms with E-state index in [1.165, 1.54) is 0 Å². The number of aromatic nitrogens is 1. The molecule has 0 aliphatic carbocycles. The fraction of sp³-hybridized carbons (Fsp3) is 0.273. The van der Waals surface area contributed by atoms with Crippen LogP contribution in [0.2, 0.25) is 0 Å². The third-order valence-corrected chi connectivity index (χ3v) is 4.73. The molecule has 1 aliphatic rings. The molecule has 4 rings (SSSR count). The van der Waals surface area contributed by atoms with Gasteiger partial charge in [0.25, 0.3) is 0 Å². The number of fused-ring (bicyclic) bond motifs is 2. The number of pyridine rings is 1. The first-order chi connectivity index (χ1) is 13.2. The van der Waals surface area contributed by atoms with E-state index in [0.717, 1.165) is 40.9 Å². The molecule has 0 spiro atoms. The maximum atomic E-state index is 12.5. The molecular weight excluding hydrogens is 338 g/mol. The fourth-order valence-corrected chi connectivity index (χ4v) is 3.49. The number of hydrogen-bond acceptors (Lipinski definition) is 4. The molecule has 0 saturated heterocycles. The average Bonchev–Trinajstić information content (AvgIpc) is 2.83. The van der Waals surface area contributed by atoms with Gasteiger partial charge in [-0.2, -0.15) is 0 Å². The largest absolute Gasteiger partial charge is 0.489 e. The third kappa shape index (κ3) is 4.26. The Morgan fingerprint density at radius 2 is 2.11 bits per heavy atom. The molecular formula is C22H23N3O2. The summed E-state index contributed by atoms with van der Waals surface area (Å²) in [5.74, 6) is 0.936. The van der Waals surface area contributed by atoms with Gasteiger partial charge in [0.15, 0.2) is 0 Å². The number of ether oxygens (including phenoxy) is 1. The van der Waals surface area contributed by atoms with Gasteiger partial charge in [-0.05, 0) is 36.8 Å². The van der Waals surface area contributed by atoms with Gasteiger partial charge in [0, 0.05) is 36.8 Å². The molecule has 1 amide bonds. The molecule has 27 heavy (non-hydrogen) atoms. The quantitative estimate of drug-likeness (QED) is 0.776. The molecule has 0 radical (unpaired) electrons. The molecule has 2 aromatic carbocycles. The normalized spacial score (nSPS) is 17.0. The van der Waals surface area contributed by atoms with E-state index in [1.807, 2.05) is 49.4 Å². The van der Waals surface area contributed by atoms with Gasteiger partial charge in [-0.1, -0.05) is 30.3 Å². The zero-order chi connectivity index (χ0) is 18.6. The molecule has 1 aromatic heterocycles. The number of carbonyl (C=O) groups is 1. The van der Waals surface area contributed by atoms with Gasteiger partial charge in [0.05, 0.1) is 12.1 Å². The number of para-hydroxylation sites is 1. The first-order valence-corrected chi connectivity index (χ1v) is 9.24. The van der Waals surface area contributed by atoms with Crippen molar-refractivity contribution in [3.63, 3.8) is 0 Å². The number of nitrogens with one attached hydrogen (secondary N) is 1. The van der Waals surface area contributed by atoms with Crippen molar-refractivity contribution >= 4 is 16.8 Å². The minimum Gasteiger partial charge on any atom is -0.489 e. The van der Waals surface area contributed by atoms with E-state index in [-0.39, 0.29) is 12.0 Å². The number of hydrogen-bond donors (Lipinski definition) is 1. The van der Waals surface area contributed by atoms with Crippen LogP contribution in [0.4, 0.5) is 0 Å². The van der Waals surface area contributed by atoms with Gasteiger partial charge in [-0.15, -0.1) is 0 Å². The summed E-state index contributed by atoms with van der Waals surface area (Å²) in [4.78, 5) is 18.9. The lowest BCUT2D eigenvalue weighted by atomic mass is 10.1. The smallest absolute Gasteiger partial charge is 0.234 e. The topological polar surface area (TPSA) is 54.5 Å². The van der Waals surface area contributed by atoms with E-state index in [1.54, 1.807) is 6.20 Å². The summed E-state index contributed by atoms with van der Waals surface area (Å²) in [7, 11) is 0. The summed E-state index contributed by atoms with van der Waals surface area (Å²) in [5, 5.41) is 4.11. The van der Waals surface area contributed by atoms with Crippen molar-refractivity contribution in [2.24, 2.45) is 0 Å². The first-order valence-electron chi connectivity index (χ1n) is 9.24. The third-order valence-electron chi connectivity index (χ3n) is 4.73. The van der Waals surface area contributed by atoms with Crippen LogP contribution in [0.3, 0.4) is 0 Å². The van der Waals surface area contributed by atoms with Crippen molar-refractivity contribution in [1.82, 2.24) is 15.2 Å². The first kappa shape index (κ1) is 17.5. The molecule has 5 heteroatoms. The van der Waals surface area contributed by atoms with Crippen molar-refractivity contribution < 1.29 is 9.53 Å². The highest BCUT2D eigenvalue weighted by Gasteiger charge is 2.21. The highest BCUT2D eigenvalue weighted by atomic mass is 16.5. The van der Waals surface area contributed by atoms with Crippen LogP contribution < -0.4 is 10.1 Å². The van der Waals surface area contributed by atoms with Crippen LogP contribution in [0.1, 0.15) is 18.1 Å². The zero-order valence-corrected chi connectivity index (χ0v) is 15.4. The SMILES string of the molecule is CC1CN(CC(=O)NCc2ccc3ncccc3c2)Cc2ccccc2O1. The lowest BCUT2D eigenvalue weighted by Gasteiger charge is -2.21. The van der Waals surface area contributed by atoms with Gasteiger partial charge in [-0.3, -0.25) is 14.7 Å². The monoisotopic (exact) mass is 361 g/mol. The molecule has 3 aromatic rings. The standard InChI is InChI=1S/C22H23N3O2/c1-16-13-25(14-19-5-2-3-7-21(19)27-16)15-22(26)24-12-17-8-9-20-18(11-17)6-4-10-23-20/h2-11,16H,12-15H2,1H3,(H,24,26). The number of nitrogens with zero attached hydrogens (tertiary/aromatic N) is 2. The summed E-state index contributed by atoms with van der Waals surface area (Å²) < 4.78 is 5.96. The van der Waals surface area contributed by atoms with E-state index in [9.17, 15) is 4.79 Å². The number of carbonyl (C=O) groups excluding carboxylic acids is 1. The summed E-state index contributed by atoms with van der Waals surface area (Å²) in [6, 6.07) is 18.0. The maximum Gasteiger partial charge on any atom is 0.234 e. The predicted octanol–water partition coefficient (Wildman–Crippen LogP) is 3.13. The Hall–Kier alpha value is -2.92. The number of benzene rings is 2. The second-order valence-electron chi connectivity index (χ2n) is 7.01. The Balaban J connectivity index is 1.37. The Morgan fingerprint density at radius 3 is 3.04 bits per heavy atom. The van der Waals surface area contributed by atoms with Crippen LogP contribution in [-0.2, 0) is 17.9 Å². The van der Waals surface area contributed by atoms with Crippen LogP contribution in [0, 0.1) is 0 Å². The Kier molecular flexibility index (Phi) is 5.03. The van der Waals surface area contributed by atoms with Gasteiger partial charge in [0.2, 0.25) is 5.91 Å². The Morgan fingerprint density at radius 1 is 1.22 bits per heavy atom. The molecule has 138 valence electrons. The lowest BCUT2D eigenvalue weighted by molar-refractivity contribution is -0.122. The lowest BCUT2D eigenvalue weighted by Crippen LogP contribution is -2.39. The summed E-state index contributed by atoms with van der Waals surface area (Å²) >= 11 is 0. The van der Waals surface area contributed by atoms with Crippen molar-refractivity contribution in [2.45, 2.75) is 26.1 Å². The molecule has 5 nitrogen and oxygen atoms in total. The Labute approximate surface area is 159 Å². The van der Waals surface area contributed by atoms with Gasteiger partial charge < -0.3 is 10.1 Å². The second-order valence-corrected chi connectivity index (χ2v) is 7.01. The Bertz CT molecular complexity index is 957. The van der Waals surface area contributed by atoms with E-state index in [4.69, 9.17) is 4.74 Å². The zero-order valence-electron chi connectivity index (χ0n) is 15.4. The van der Waals surface area contributed by atoms with E-state index in [2.05, 4.69) is 27.3 Å². The molecule has 2 heterocycles. The predicted molar refractivity (Wildman–Crippen MR) is 105 cm³/mol. The number of rotatable bonds is 4. The minimum absolute atomic E-state index is 0.0212. The molecule has 0 saturated carbocycles. The summed E-state index contributed by atoms with van der Waals surface area (Å²) in [6.07, 6.45) is 1.84. The fourth-order valence-electron chi connectivity index (χ4n) is 3.49. The molecule has 0 fully saturated rings. The molecule has 1 atom stereocenters. The van der Waals surface area contributed by atoms with Crippen LogP contribution in [0.25, 0.3) is 10.9 Å². The maximum absolute atomic E-state index is 12.5. The van der Waals surface area contributed by atoms with Gasteiger partial charge in [-0.25, -0.2) is 0 Å². The van der Waals surface area contributed by atoms with Crippen LogP contribution in [0.15, 0.2) is 60.8 Å². The highest BCUT2D eigenvalue weighted by Crippen LogP contribution is 2.24. The van der Waals surface area contributed by atoms with E-state index in [0.29, 0.717) is 13.1 Å². The van der Waals surface area contributed by atoms with Crippen LogP contribution in [0.5, 0.6) is 5.75 Å². The molecule has 1 unspecified atom stereocenters. The van der Waals surface area contributed by atoms with Crippen molar-refractivity contribution in [2.75, 3.05) is 13.1 Å². The van der Waals surface area contributed by atoms with Crippen LogP contribution in [-0.4, -0.2) is 35.0 Å². The van der Waals surface area contributed by atoms with Crippen LogP contribution >= 0.6 is 0 Å². The average molecular weight is 361 g/mol. The second kappa shape index (κ2) is 7.76. The molecule has 1 N–H and O–H groups in total. The van der Waals surface area contributed by atoms with Crippen molar-refractivity contribution in [1.29, 1.82) is 0 Å². The van der Waals surface area contributed by atoms with Gasteiger partial charge in [0.1, 0.15) is 11.9 Å². The van der Waals surface area contributed by atoms with E-state index < -0.39 is 0 Å². The van der Waals surface area contributed by atoms with E-state index >= 15 is 0 Å². The number of amides is 1. The van der Waals surface area contributed by atoms with Gasteiger partial charge >= 0.3 is 0 Å². The molecule has 1 aliphatic heterocycles. The van der Waals surface area contributed by atoms with Crippen molar-refractivity contribution in [3.8, 4) is 5.75 Å². The minimum atomic E-state index is 0.0212. The highest BCUT2D eigenvalue weighted by molar-refractivity contribution is 5.80. The molecule has 0 bridgehead atoms. The van der Waals surface area contributed by atoms with Crippen molar-refractivity contribution in [3.05, 3.63) is 71.9 Å². The summed E-state index contributed by atoms with van der Waals surface area (Å²) in [6.45, 7) is 4.35. The summed E-state index contributed by atoms with van der Waals surface area (Å²) in [5.41, 5.74) is 3.16.